The van der Waals surface area contributed by atoms with Crippen molar-refractivity contribution in [2.75, 3.05) is 0 Å². The van der Waals surface area contributed by atoms with E-state index in [1.807, 2.05) is 22.7 Å². The standard InChI is InChI=1S/C44H23N3S2/c1-2-11-25(12-3-1)40-38-27-13-5-4-10-24(27)19-21-33(38)45-44(46-40)47-34-23-32-29-15-7-8-16-35(29)48-42(32)30-20-18-26-22-31-28-14-6-9-17-36(28)49-43(31)41(47)37(26)39(30)34/h1-23H. The molecule has 12 rings (SSSR count). The van der Waals surface area contributed by atoms with Gasteiger partial charge in [0.15, 0.2) is 0 Å². The summed E-state index contributed by atoms with van der Waals surface area (Å²) in [5.41, 5.74) is 5.31. The Balaban J connectivity index is 1.34. The first-order valence-corrected chi connectivity index (χ1v) is 18.1. The molecule has 49 heavy (non-hydrogen) atoms. The van der Waals surface area contributed by atoms with E-state index >= 15 is 0 Å². The molecule has 0 saturated heterocycles. The van der Waals surface area contributed by atoms with E-state index in [1.54, 1.807) is 0 Å². The van der Waals surface area contributed by atoms with Crippen molar-refractivity contribution in [2.24, 2.45) is 0 Å². The van der Waals surface area contributed by atoms with Crippen molar-refractivity contribution >= 4 is 117 Å². The van der Waals surface area contributed by atoms with Crippen LogP contribution in [0, 0.1) is 0 Å². The fraction of sp³-hybridized carbons (Fsp3) is 0. The van der Waals surface area contributed by atoms with Crippen molar-refractivity contribution in [1.29, 1.82) is 0 Å². The van der Waals surface area contributed by atoms with Gasteiger partial charge in [-0.1, -0.05) is 109 Å². The van der Waals surface area contributed by atoms with Crippen LogP contribution in [-0.4, -0.2) is 14.5 Å². The Kier molecular flexibility index (Phi) is 5.00. The zero-order valence-electron chi connectivity index (χ0n) is 25.9. The van der Waals surface area contributed by atoms with Crippen LogP contribution < -0.4 is 0 Å². The number of hydrogen-bond donors (Lipinski definition) is 0. The van der Waals surface area contributed by atoms with E-state index < -0.39 is 0 Å². The molecule has 12 aromatic rings. The summed E-state index contributed by atoms with van der Waals surface area (Å²) in [5.74, 6) is 0.698. The molecule has 0 spiro atoms. The van der Waals surface area contributed by atoms with Crippen molar-refractivity contribution in [3.63, 3.8) is 0 Å². The van der Waals surface area contributed by atoms with Crippen molar-refractivity contribution in [3.05, 3.63) is 140 Å². The Hall–Kier alpha value is -5.88. The fourth-order valence-corrected chi connectivity index (χ4v) is 10.7. The second-order valence-electron chi connectivity index (χ2n) is 12.9. The molecule has 4 aromatic heterocycles. The molecule has 8 aromatic carbocycles. The van der Waals surface area contributed by atoms with Crippen LogP contribution in [0.15, 0.2) is 140 Å². The van der Waals surface area contributed by atoms with Crippen LogP contribution in [0.5, 0.6) is 0 Å². The minimum absolute atomic E-state index is 0.698. The molecule has 0 aliphatic heterocycles. The molecular weight excluding hydrogens is 635 g/mol. The lowest BCUT2D eigenvalue weighted by Crippen LogP contribution is -2.04. The van der Waals surface area contributed by atoms with Crippen molar-refractivity contribution in [1.82, 2.24) is 14.5 Å². The van der Waals surface area contributed by atoms with Gasteiger partial charge in [-0.05, 0) is 46.5 Å². The molecule has 0 aliphatic rings. The lowest BCUT2D eigenvalue weighted by molar-refractivity contribution is 1.02. The van der Waals surface area contributed by atoms with Gasteiger partial charge in [0.2, 0.25) is 5.95 Å². The number of rotatable bonds is 2. The first kappa shape index (κ1) is 26.1. The number of hydrogen-bond acceptors (Lipinski definition) is 4. The Bertz CT molecular complexity index is 3330. The molecule has 226 valence electrons. The largest absolute Gasteiger partial charge is 0.276 e. The zero-order valence-corrected chi connectivity index (χ0v) is 27.6. The Labute approximate surface area is 287 Å². The van der Waals surface area contributed by atoms with Crippen LogP contribution in [0.2, 0.25) is 0 Å². The van der Waals surface area contributed by atoms with Crippen LogP contribution in [0.3, 0.4) is 0 Å². The number of aromatic nitrogens is 3. The third-order valence-electron chi connectivity index (χ3n) is 10.3. The van der Waals surface area contributed by atoms with Gasteiger partial charge in [0.25, 0.3) is 0 Å². The number of benzene rings is 8. The van der Waals surface area contributed by atoms with E-state index in [2.05, 4.69) is 144 Å². The lowest BCUT2D eigenvalue weighted by Gasteiger charge is -2.14. The topological polar surface area (TPSA) is 30.7 Å². The quantitative estimate of drug-likeness (QED) is 0.173. The minimum Gasteiger partial charge on any atom is -0.276 e. The van der Waals surface area contributed by atoms with Crippen molar-refractivity contribution in [2.45, 2.75) is 0 Å². The monoisotopic (exact) mass is 657 g/mol. The van der Waals surface area contributed by atoms with Crippen LogP contribution in [0.4, 0.5) is 0 Å². The Morgan fingerprint density at radius 1 is 0.449 bits per heavy atom. The summed E-state index contributed by atoms with van der Waals surface area (Å²) in [6.07, 6.45) is 0. The fourth-order valence-electron chi connectivity index (χ4n) is 8.23. The third kappa shape index (κ3) is 3.40. The van der Waals surface area contributed by atoms with Gasteiger partial charge in [-0.15, -0.1) is 22.7 Å². The molecule has 0 N–H and O–H groups in total. The van der Waals surface area contributed by atoms with Gasteiger partial charge < -0.3 is 0 Å². The van der Waals surface area contributed by atoms with Gasteiger partial charge in [-0.25, -0.2) is 9.97 Å². The maximum atomic E-state index is 5.57. The zero-order chi connectivity index (χ0) is 31.8. The first-order chi connectivity index (χ1) is 24.3. The summed E-state index contributed by atoms with van der Waals surface area (Å²) in [7, 11) is 0. The minimum atomic E-state index is 0.698. The normalized spacial score (nSPS) is 12.5. The number of fused-ring (bicyclic) bond motifs is 11. The molecule has 0 saturated carbocycles. The first-order valence-electron chi connectivity index (χ1n) is 16.5. The molecule has 0 amide bonds. The highest BCUT2D eigenvalue weighted by Gasteiger charge is 2.26. The van der Waals surface area contributed by atoms with E-state index in [0.717, 1.165) is 33.1 Å². The molecule has 0 radical (unpaired) electrons. The second-order valence-corrected chi connectivity index (χ2v) is 15.0. The van der Waals surface area contributed by atoms with E-state index in [1.165, 1.54) is 72.8 Å². The van der Waals surface area contributed by atoms with E-state index in [4.69, 9.17) is 9.97 Å². The SMILES string of the molecule is c1ccc(-c2nc(-n3c4cc5c6ccccc6sc5c5ccc6cc7c8ccccc8sc7c3c6c54)nc3ccc4ccccc4c23)cc1. The predicted molar refractivity (Wildman–Crippen MR) is 211 cm³/mol. The Morgan fingerprint density at radius 3 is 1.94 bits per heavy atom. The van der Waals surface area contributed by atoms with Crippen LogP contribution in [-0.2, 0) is 0 Å². The molecule has 0 unspecified atom stereocenters. The van der Waals surface area contributed by atoms with Crippen LogP contribution >= 0.6 is 22.7 Å². The molecular formula is C44H23N3S2. The summed E-state index contributed by atoms with van der Waals surface area (Å²) in [6.45, 7) is 0. The van der Waals surface area contributed by atoms with Gasteiger partial charge in [0, 0.05) is 62.8 Å². The highest BCUT2D eigenvalue weighted by Crippen LogP contribution is 2.50. The van der Waals surface area contributed by atoms with Gasteiger partial charge in [0.05, 0.1) is 26.9 Å². The van der Waals surface area contributed by atoms with Gasteiger partial charge in [-0.3, -0.25) is 4.57 Å². The number of thiophene rings is 2. The van der Waals surface area contributed by atoms with Crippen LogP contribution in [0.25, 0.3) is 112 Å². The summed E-state index contributed by atoms with van der Waals surface area (Å²) in [4.78, 5) is 11.0. The highest BCUT2D eigenvalue weighted by atomic mass is 32.1. The second kappa shape index (κ2) is 9.38. The molecule has 5 heteroatoms. The molecule has 0 bridgehead atoms. The average molecular weight is 658 g/mol. The van der Waals surface area contributed by atoms with E-state index in [9.17, 15) is 0 Å². The van der Waals surface area contributed by atoms with Gasteiger partial charge in [0.1, 0.15) is 0 Å². The van der Waals surface area contributed by atoms with E-state index in [-0.39, 0.29) is 0 Å². The highest BCUT2D eigenvalue weighted by molar-refractivity contribution is 7.27. The average Bonchev–Trinajstić information content (AvgIpc) is 3.83. The molecule has 0 atom stereocenters. The molecule has 0 fully saturated rings. The van der Waals surface area contributed by atoms with Crippen molar-refractivity contribution in [3.8, 4) is 17.2 Å². The number of nitrogens with zero attached hydrogens (tertiary/aromatic N) is 3. The smallest absolute Gasteiger partial charge is 0.235 e. The summed E-state index contributed by atoms with van der Waals surface area (Å²) >= 11 is 3.76. The lowest BCUT2D eigenvalue weighted by atomic mass is 9.98. The summed E-state index contributed by atoms with van der Waals surface area (Å²) in [5, 5.41) is 13.7. The summed E-state index contributed by atoms with van der Waals surface area (Å²) in [6, 6.07) is 50.6. The predicted octanol–water partition coefficient (Wildman–Crippen LogP) is 12.9. The molecule has 3 nitrogen and oxygen atoms in total. The molecule has 4 heterocycles. The van der Waals surface area contributed by atoms with Gasteiger partial charge >= 0.3 is 0 Å². The van der Waals surface area contributed by atoms with E-state index in [0.29, 0.717) is 5.95 Å². The maximum absolute atomic E-state index is 5.57. The third-order valence-corrected chi connectivity index (χ3v) is 12.7. The van der Waals surface area contributed by atoms with Gasteiger partial charge in [-0.2, -0.15) is 0 Å². The van der Waals surface area contributed by atoms with Crippen LogP contribution in [0.1, 0.15) is 0 Å². The molecule has 0 aliphatic carbocycles. The maximum Gasteiger partial charge on any atom is 0.235 e. The summed E-state index contributed by atoms with van der Waals surface area (Å²) < 4.78 is 7.59. The Morgan fingerprint density at radius 2 is 1.12 bits per heavy atom. The van der Waals surface area contributed by atoms with Crippen molar-refractivity contribution < 1.29 is 0 Å².